The van der Waals surface area contributed by atoms with Crippen LogP contribution in [0.5, 0.6) is 11.5 Å². The third-order valence-electron chi connectivity index (χ3n) is 8.21. The zero-order chi connectivity index (χ0) is 31.4. The Bertz CT molecular complexity index is 1860. The number of aryl methyl sites for hydroxylation is 2. The Hall–Kier alpha value is -4.86. The molecule has 0 fully saturated rings. The molecule has 10 heteroatoms. The molecule has 0 amide bonds. The predicted octanol–water partition coefficient (Wildman–Crippen LogP) is 5.93. The molecule has 0 aliphatic rings. The Balaban J connectivity index is 1.74. The summed E-state index contributed by atoms with van der Waals surface area (Å²) in [5, 5.41) is 20.0. The summed E-state index contributed by atoms with van der Waals surface area (Å²) in [6, 6.07) is 14.3. The van der Waals surface area contributed by atoms with Crippen molar-refractivity contribution >= 4 is 55.6 Å². The summed E-state index contributed by atoms with van der Waals surface area (Å²) in [4.78, 5) is 50.0. The first-order valence-corrected chi connectivity index (χ1v) is 14.9. The van der Waals surface area contributed by atoms with E-state index in [1.807, 2.05) is 21.3 Å². The van der Waals surface area contributed by atoms with Gasteiger partial charge in [-0.15, -0.1) is 0 Å². The highest BCUT2D eigenvalue weighted by Gasteiger charge is 2.18. The van der Waals surface area contributed by atoms with E-state index in [0.29, 0.717) is 107 Å². The summed E-state index contributed by atoms with van der Waals surface area (Å²) in [5.74, 6) is -0.545. The summed E-state index contributed by atoms with van der Waals surface area (Å²) >= 11 is 0. The number of unbranched alkanes of at least 4 members (excludes halogenated alkanes) is 4. The lowest BCUT2D eigenvalue weighted by molar-refractivity contribution is -0.138. The number of rotatable bonds is 14. The number of methoxy groups -OCH3 is 2. The average Bonchev–Trinajstić information content (AvgIpc) is 3.02. The molecule has 0 bridgehead atoms. The number of carboxylic acid groups (broad SMARTS) is 2. The number of nitrogens with zero attached hydrogens (tertiary/aromatic N) is 2. The lowest BCUT2D eigenvalue weighted by Crippen LogP contribution is -2.16. The Morgan fingerprint density at radius 1 is 0.568 bits per heavy atom. The quantitative estimate of drug-likeness (QED) is 0.118. The molecule has 0 radical (unpaired) electrons. The lowest BCUT2D eigenvalue weighted by Gasteiger charge is -2.19. The van der Waals surface area contributed by atoms with Gasteiger partial charge in [-0.3, -0.25) is 19.2 Å². The van der Waals surface area contributed by atoms with E-state index in [2.05, 4.69) is 0 Å². The van der Waals surface area contributed by atoms with Gasteiger partial charge in [-0.05, 0) is 74.2 Å². The lowest BCUT2D eigenvalue weighted by atomic mass is 10.0. The Labute approximate surface area is 253 Å². The SMILES string of the molecule is COc1ccc2c(c1)c(=O)c1cc3c(cc1n2CCCCCC(=O)O)c(=O)c1cc(OC)ccc1n3CCCCCC(=O)O. The minimum Gasteiger partial charge on any atom is -0.497 e. The molecule has 2 heterocycles. The fourth-order valence-electron chi connectivity index (χ4n) is 5.98. The Kier molecular flexibility index (Phi) is 9.18. The Morgan fingerprint density at radius 3 is 1.32 bits per heavy atom. The second-order valence-corrected chi connectivity index (χ2v) is 11.0. The fraction of sp³-hybridized carbons (Fsp3) is 0.353. The van der Waals surface area contributed by atoms with E-state index in [0.717, 1.165) is 0 Å². The van der Waals surface area contributed by atoms with Crippen LogP contribution in [0.2, 0.25) is 0 Å². The number of carboxylic acids is 2. The largest absolute Gasteiger partial charge is 0.497 e. The van der Waals surface area contributed by atoms with E-state index in [1.165, 1.54) is 0 Å². The monoisotopic (exact) mass is 600 g/mol. The van der Waals surface area contributed by atoms with E-state index in [9.17, 15) is 19.2 Å². The van der Waals surface area contributed by atoms with Crippen LogP contribution in [0.4, 0.5) is 0 Å². The summed E-state index contributed by atoms with van der Waals surface area (Å²) in [6.07, 6.45) is 4.08. The molecule has 230 valence electrons. The van der Waals surface area contributed by atoms with Gasteiger partial charge >= 0.3 is 11.9 Å². The van der Waals surface area contributed by atoms with E-state index in [4.69, 9.17) is 19.7 Å². The highest BCUT2D eigenvalue weighted by molar-refractivity contribution is 6.04. The van der Waals surface area contributed by atoms with Gasteiger partial charge in [-0.1, -0.05) is 12.8 Å². The van der Waals surface area contributed by atoms with Crippen LogP contribution in [-0.2, 0) is 22.7 Å². The molecule has 0 saturated carbocycles. The van der Waals surface area contributed by atoms with Gasteiger partial charge in [0, 0.05) is 47.5 Å². The van der Waals surface area contributed by atoms with Gasteiger partial charge in [-0.25, -0.2) is 0 Å². The van der Waals surface area contributed by atoms with Crippen LogP contribution in [0.25, 0.3) is 43.6 Å². The maximum Gasteiger partial charge on any atom is 0.303 e. The molecular formula is C34H36N2O8. The number of hydrogen-bond donors (Lipinski definition) is 2. The summed E-state index contributed by atoms with van der Waals surface area (Å²) in [6.45, 7) is 1.06. The molecule has 2 aromatic heterocycles. The fourth-order valence-corrected chi connectivity index (χ4v) is 5.98. The maximum absolute atomic E-state index is 14.0. The standard InChI is InChI=1S/C34H36N2O8/c1-43-21-11-13-27-23(17-21)33(41)25-19-30-26(20-29(25)35(27)15-7-3-5-9-31(37)38)34(42)24-18-22(44-2)12-14-28(24)36(30)16-8-4-6-10-32(39)40/h11-14,17-20H,3-10,15-16H2,1-2H3,(H,37,38)(H,39,40). The smallest absolute Gasteiger partial charge is 0.303 e. The van der Waals surface area contributed by atoms with E-state index >= 15 is 0 Å². The molecule has 0 atom stereocenters. The van der Waals surface area contributed by atoms with Crippen molar-refractivity contribution in [2.24, 2.45) is 0 Å². The minimum absolute atomic E-state index is 0.0971. The first-order chi connectivity index (χ1) is 21.2. The van der Waals surface area contributed by atoms with Crippen molar-refractivity contribution < 1.29 is 29.3 Å². The molecule has 10 nitrogen and oxygen atoms in total. The number of hydrogen-bond acceptors (Lipinski definition) is 6. The second kappa shape index (κ2) is 13.2. The van der Waals surface area contributed by atoms with Crippen molar-refractivity contribution in [3.8, 4) is 11.5 Å². The second-order valence-electron chi connectivity index (χ2n) is 11.0. The van der Waals surface area contributed by atoms with Crippen molar-refractivity contribution in [3.63, 3.8) is 0 Å². The first-order valence-electron chi connectivity index (χ1n) is 14.9. The van der Waals surface area contributed by atoms with Crippen LogP contribution in [0, 0.1) is 0 Å². The third-order valence-corrected chi connectivity index (χ3v) is 8.21. The summed E-state index contributed by atoms with van der Waals surface area (Å²) in [7, 11) is 3.10. The minimum atomic E-state index is -0.829. The van der Waals surface area contributed by atoms with E-state index in [-0.39, 0.29) is 23.7 Å². The molecule has 2 N–H and O–H groups in total. The van der Waals surface area contributed by atoms with Gasteiger partial charge in [0.1, 0.15) is 11.5 Å². The third kappa shape index (κ3) is 6.10. The van der Waals surface area contributed by atoms with Crippen LogP contribution in [-0.4, -0.2) is 45.5 Å². The highest BCUT2D eigenvalue weighted by Crippen LogP contribution is 2.29. The van der Waals surface area contributed by atoms with Crippen LogP contribution >= 0.6 is 0 Å². The highest BCUT2D eigenvalue weighted by atomic mass is 16.5. The van der Waals surface area contributed by atoms with Crippen LogP contribution in [0.3, 0.4) is 0 Å². The van der Waals surface area contributed by atoms with Gasteiger partial charge in [0.15, 0.2) is 10.9 Å². The molecule has 5 aromatic rings. The summed E-state index contributed by atoms with van der Waals surface area (Å²) in [5.41, 5.74) is 2.34. The van der Waals surface area contributed by atoms with Gasteiger partial charge in [0.05, 0.1) is 36.3 Å². The normalized spacial score (nSPS) is 11.5. The molecule has 5 rings (SSSR count). The van der Waals surface area contributed by atoms with Crippen LogP contribution < -0.4 is 20.3 Å². The number of aliphatic carboxylic acids is 2. The van der Waals surface area contributed by atoms with Gasteiger partial charge in [0.2, 0.25) is 0 Å². The molecule has 3 aromatic carbocycles. The molecule has 0 aliphatic heterocycles. The maximum atomic E-state index is 14.0. The zero-order valence-corrected chi connectivity index (χ0v) is 24.9. The number of carbonyl (C=O) groups is 2. The van der Waals surface area contributed by atoms with E-state index in [1.54, 1.807) is 50.6 Å². The molecule has 0 spiro atoms. The van der Waals surface area contributed by atoms with Gasteiger partial charge in [-0.2, -0.15) is 0 Å². The van der Waals surface area contributed by atoms with Gasteiger partial charge in [0.25, 0.3) is 0 Å². The van der Waals surface area contributed by atoms with Crippen LogP contribution in [0.1, 0.15) is 51.4 Å². The van der Waals surface area contributed by atoms with Crippen molar-refractivity contribution in [1.82, 2.24) is 9.13 Å². The number of ether oxygens (including phenoxy) is 2. The van der Waals surface area contributed by atoms with Crippen molar-refractivity contribution in [2.75, 3.05) is 14.2 Å². The Morgan fingerprint density at radius 2 is 0.955 bits per heavy atom. The number of fused-ring (bicyclic) bond motifs is 4. The summed E-state index contributed by atoms with van der Waals surface area (Å²) < 4.78 is 14.9. The van der Waals surface area contributed by atoms with E-state index < -0.39 is 11.9 Å². The van der Waals surface area contributed by atoms with Crippen molar-refractivity contribution in [3.05, 3.63) is 69.0 Å². The molecule has 0 aliphatic carbocycles. The zero-order valence-electron chi connectivity index (χ0n) is 24.9. The average molecular weight is 601 g/mol. The first kappa shape index (κ1) is 30.6. The topological polar surface area (TPSA) is 137 Å². The van der Waals surface area contributed by atoms with Crippen molar-refractivity contribution in [2.45, 2.75) is 64.5 Å². The predicted molar refractivity (Wildman–Crippen MR) is 170 cm³/mol. The molecular weight excluding hydrogens is 564 g/mol. The number of benzene rings is 3. The van der Waals surface area contributed by atoms with Gasteiger partial charge < -0.3 is 28.8 Å². The van der Waals surface area contributed by atoms with Crippen molar-refractivity contribution in [1.29, 1.82) is 0 Å². The number of aromatic nitrogens is 2. The number of pyridine rings is 2. The van der Waals surface area contributed by atoms with Crippen LogP contribution in [0.15, 0.2) is 58.1 Å². The molecule has 0 saturated heterocycles. The molecule has 0 unspecified atom stereocenters. The molecule has 44 heavy (non-hydrogen) atoms.